The predicted octanol–water partition coefficient (Wildman–Crippen LogP) is 3.86. The van der Waals surface area contributed by atoms with Gasteiger partial charge in [-0.25, -0.2) is 4.99 Å². The van der Waals surface area contributed by atoms with Gasteiger partial charge in [0.25, 0.3) is 0 Å². The van der Waals surface area contributed by atoms with E-state index >= 15 is 0 Å². The minimum atomic E-state index is -1.29. The van der Waals surface area contributed by atoms with Gasteiger partial charge in [-0.3, -0.25) is 0 Å². The normalized spacial score (nSPS) is 12.8. The van der Waals surface area contributed by atoms with Crippen molar-refractivity contribution < 1.29 is 4.55 Å². The summed E-state index contributed by atoms with van der Waals surface area (Å²) in [4.78, 5) is 5.07. The van der Waals surface area contributed by atoms with Crippen molar-refractivity contribution in [1.82, 2.24) is 3.97 Å². The van der Waals surface area contributed by atoms with Crippen LogP contribution in [-0.4, -0.2) is 14.7 Å². The largest absolute Gasteiger partial charge is 0.587 e. The van der Waals surface area contributed by atoms with Crippen LogP contribution in [0.4, 0.5) is 5.82 Å². The van der Waals surface area contributed by atoms with Crippen LogP contribution in [0.5, 0.6) is 0 Å². The molecule has 0 saturated heterocycles. The highest BCUT2D eigenvalue weighted by Gasteiger charge is 2.21. The Hall–Kier alpha value is -1.05. The summed E-state index contributed by atoms with van der Waals surface area (Å²) < 4.78 is 15.3. The van der Waals surface area contributed by atoms with E-state index in [1.165, 1.54) is 0 Å². The molecule has 2 aromatic rings. The zero-order valence-corrected chi connectivity index (χ0v) is 13.4. The topological polar surface area (TPSA) is 40.3 Å². The quantitative estimate of drug-likeness (QED) is 0.448. The van der Waals surface area contributed by atoms with E-state index in [1.54, 1.807) is 16.3 Å². The van der Waals surface area contributed by atoms with Crippen LogP contribution < -0.4 is 0 Å². The summed E-state index contributed by atoms with van der Waals surface area (Å²) in [5, 5.41) is 0. The van der Waals surface area contributed by atoms with Gasteiger partial charge in [-0.2, -0.15) is 0 Å². The average molecular weight is 384 g/mol. The lowest BCUT2D eigenvalue weighted by molar-refractivity contribution is 0.587. The highest BCUT2D eigenvalue weighted by atomic mass is 127. The summed E-state index contributed by atoms with van der Waals surface area (Å²) in [5.41, 5.74) is 1.02. The predicted molar refractivity (Wildman–Crippen MR) is 88.5 cm³/mol. The van der Waals surface area contributed by atoms with Crippen molar-refractivity contribution in [2.24, 2.45) is 4.99 Å². The number of aromatic nitrogens is 1. The van der Waals surface area contributed by atoms with Gasteiger partial charge in [0.1, 0.15) is 11.4 Å². The number of rotatable bonds is 4. The van der Waals surface area contributed by atoms with E-state index in [9.17, 15) is 4.55 Å². The van der Waals surface area contributed by atoms with Crippen LogP contribution in [-0.2, 0) is 11.4 Å². The Kier molecular flexibility index (Phi) is 4.84. The number of hydrogen-bond donors (Lipinski definition) is 0. The summed E-state index contributed by atoms with van der Waals surface area (Å²) in [5.74, 6) is 0.700. The minimum Gasteiger partial charge on any atom is -0.587 e. The molecule has 19 heavy (non-hydrogen) atoms. The van der Waals surface area contributed by atoms with Crippen LogP contribution in [0, 0.1) is 10.5 Å². The van der Waals surface area contributed by atoms with E-state index in [0.717, 1.165) is 14.0 Å². The van der Waals surface area contributed by atoms with Crippen molar-refractivity contribution in [1.29, 1.82) is 0 Å². The van der Waals surface area contributed by atoms with Crippen molar-refractivity contribution in [3.63, 3.8) is 0 Å². The van der Waals surface area contributed by atoms with Gasteiger partial charge < -0.3 is 4.55 Å². The third-order valence-electron chi connectivity index (χ3n) is 2.56. The molecule has 1 aromatic heterocycles. The van der Waals surface area contributed by atoms with E-state index in [2.05, 4.69) is 34.2 Å². The van der Waals surface area contributed by atoms with Crippen LogP contribution in [0.25, 0.3) is 0 Å². The minimum absolute atomic E-state index is 0.700. The van der Waals surface area contributed by atoms with E-state index in [0.29, 0.717) is 5.82 Å². The van der Waals surface area contributed by atoms with Gasteiger partial charge in [0.2, 0.25) is 0 Å². The molecule has 0 aliphatic rings. The van der Waals surface area contributed by atoms with Crippen molar-refractivity contribution >= 4 is 46.0 Å². The molecule has 1 aromatic carbocycles. The molecule has 1 heterocycles. The molecule has 0 radical (unpaired) electrons. The molecule has 1 unspecified atom stereocenters. The molecule has 1 atom stereocenters. The summed E-state index contributed by atoms with van der Waals surface area (Å²) >= 11 is 0.933. The molecule has 0 fully saturated rings. The Balaban J connectivity index is 2.47. The zero-order valence-electron chi connectivity index (χ0n) is 10.4. The molecule has 0 amide bonds. The molecule has 5 heteroatoms. The number of halogens is 1. The molecule has 2 rings (SSSR count). The maximum absolute atomic E-state index is 12.6. The zero-order chi connectivity index (χ0) is 13.8. The van der Waals surface area contributed by atoms with Gasteiger partial charge in [-0.15, -0.1) is 3.97 Å². The van der Waals surface area contributed by atoms with Crippen LogP contribution in [0.3, 0.4) is 0 Å². The monoisotopic (exact) mass is 384 g/mol. The summed E-state index contributed by atoms with van der Waals surface area (Å²) in [6.07, 6.45) is 5.07. The molecule has 0 aliphatic carbocycles. The Morgan fingerprint density at radius 2 is 2.05 bits per heavy atom. The fraction of sp³-hybridized carbons (Fsp3) is 0.0714. The Labute approximate surface area is 129 Å². The number of benzene rings is 1. The number of allylic oxidation sites excluding steroid dienone is 1. The lowest BCUT2D eigenvalue weighted by Crippen LogP contribution is -2.11. The molecule has 98 valence electrons. The first-order valence-electron chi connectivity index (χ1n) is 5.65. The second-order valence-corrected chi connectivity index (χ2v) is 6.35. The lowest BCUT2D eigenvalue weighted by Gasteiger charge is -2.11. The number of nitrogens with zero attached hydrogens (tertiary/aromatic N) is 2. The number of hydrogen-bond acceptors (Lipinski definition) is 2. The van der Waals surface area contributed by atoms with Gasteiger partial charge in [0, 0.05) is 15.3 Å². The third-order valence-corrected chi connectivity index (χ3v) is 4.96. The van der Waals surface area contributed by atoms with E-state index < -0.39 is 11.4 Å². The van der Waals surface area contributed by atoms with E-state index in [1.807, 2.05) is 43.5 Å². The number of aliphatic imine (C=N–C) groups is 1. The molecule has 0 aliphatic heterocycles. The fourth-order valence-corrected chi connectivity index (χ4v) is 3.46. The molecule has 3 nitrogen and oxygen atoms in total. The van der Waals surface area contributed by atoms with Crippen molar-refractivity contribution in [3.8, 4) is 0 Å². The van der Waals surface area contributed by atoms with Gasteiger partial charge in [0.15, 0.2) is 10.7 Å². The first-order chi connectivity index (χ1) is 9.15. The maximum Gasteiger partial charge on any atom is 0.183 e. The van der Waals surface area contributed by atoms with Crippen molar-refractivity contribution in [2.45, 2.75) is 11.8 Å². The smallest absolute Gasteiger partial charge is 0.183 e. The first-order valence-corrected chi connectivity index (χ1v) is 7.83. The van der Waals surface area contributed by atoms with Gasteiger partial charge in [0.05, 0.1) is 6.20 Å². The van der Waals surface area contributed by atoms with Crippen LogP contribution in [0.2, 0.25) is 0 Å². The van der Waals surface area contributed by atoms with Gasteiger partial charge >= 0.3 is 0 Å². The molecular formula is C14H13IN2OS. The van der Waals surface area contributed by atoms with Gasteiger partial charge in [-0.05, 0) is 41.6 Å². The molecule has 0 spiro atoms. The highest BCUT2D eigenvalue weighted by molar-refractivity contribution is 14.1. The lowest BCUT2D eigenvalue weighted by atomic mass is 10.4. The van der Waals surface area contributed by atoms with Crippen LogP contribution in [0.15, 0.2) is 59.1 Å². The Morgan fingerprint density at radius 3 is 2.68 bits per heavy atom. The fourth-order valence-electron chi connectivity index (χ4n) is 1.59. The highest BCUT2D eigenvalue weighted by Crippen LogP contribution is 2.29. The summed E-state index contributed by atoms with van der Waals surface area (Å²) in [7, 11) is 0. The molecule has 0 saturated carbocycles. The third kappa shape index (κ3) is 3.10. The van der Waals surface area contributed by atoms with Crippen LogP contribution in [0.1, 0.15) is 5.56 Å². The Bertz CT molecular complexity index is 607. The molecule has 0 bridgehead atoms. The maximum atomic E-state index is 12.6. The SMILES string of the molecule is C=C/C=N\c1c(C)c(I)cn1[S+]([O-])c1ccccc1. The summed E-state index contributed by atoms with van der Waals surface area (Å²) in [6.45, 7) is 5.58. The second kappa shape index (κ2) is 6.40. The molecule has 0 N–H and O–H groups in total. The Morgan fingerprint density at radius 1 is 1.37 bits per heavy atom. The molecular weight excluding hydrogens is 371 g/mol. The average Bonchev–Trinajstić information content (AvgIpc) is 2.73. The van der Waals surface area contributed by atoms with E-state index in [4.69, 9.17) is 0 Å². The summed E-state index contributed by atoms with van der Waals surface area (Å²) in [6, 6.07) is 9.35. The van der Waals surface area contributed by atoms with Crippen molar-refractivity contribution in [2.75, 3.05) is 0 Å². The van der Waals surface area contributed by atoms with Crippen molar-refractivity contribution in [3.05, 3.63) is 58.3 Å². The second-order valence-electron chi connectivity index (χ2n) is 3.83. The standard InChI is InChI=1S/C14H13IN2OS/c1-3-9-16-14-11(2)13(15)10-17(14)19(18)12-7-5-4-6-8-12/h3-10H,1H2,2H3/b16-9-. The van der Waals surface area contributed by atoms with E-state index in [-0.39, 0.29) is 0 Å². The van der Waals surface area contributed by atoms with Crippen LogP contribution >= 0.6 is 22.6 Å². The van der Waals surface area contributed by atoms with Gasteiger partial charge in [-0.1, -0.05) is 30.9 Å². The first kappa shape index (κ1) is 14.4.